The van der Waals surface area contributed by atoms with Gasteiger partial charge in [-0.3, -0.25) is 9.59 Å². The van der Waals surface area contributed by atoms with Crippen LogP contribution in [0.3, 0.4) is 0 Å². The fourth-order valence-electron chi connectivity index (χ4n) is 4.50. The van der Waals surface area contributed by atoms with Crippen LogP contribution in [0.2, 0.25) is 0 Å². The summed E-state index contributed by atoms with van der Waals surface area (Å²) >= 11 is 0. The van der Waals surface area contributed by atoms with Crippen LogP contribution in [0, 0.1) is 0 Å². The van der Waals surface area contributed by atoms with Gasteiger partial charge >= 0.3 is 0 Å². The summed E-state index contributed by atoms with van der Waals surface area (Å²) in [5.74, 6) is 0.644. The minimum Gasteiger partial charge on any atom is -0.346 e. The maximum absolute atomic E-state index is 11.9. The minimum atomic E-state index is 0.320. The fraction of sp³-hybridized carbons (Fsp3) is 0.946. The van der Waals surface area contributed by atoms with Gasteiger partial charge in [-0.15, -0.1) is 0 Å². The first-order chi connectivity index (χ1) is 20.5. The molecule has 0 aliphatic carbocycles. The molecule has 0 aliphatic rings. The molecule has 6 nitrogen and oxygen atoms in total. The number of unbranched alkanes of at least 4 members (excludes halogenated alkanes) is 11. The lowest BCUT2D eigenvalue weighted by Crippen LogP contribution is -2.27. The summed E-state index contributed by atoms with van der Waals surface area (Å²) in [6, 6.07) is 1.28. The van der Waals surface area contributed by atoms with Crippen molar-refractivity contribution < 1.29 is 9.59 Å². The van der Waals surface area contributed by atoms with E-state index in [1.807, 2.05) is 37.7 Å². The summed E-state index contributed by atoms with van der Waals surface area (Å²) in [5, 5.41) is 0. The van der Waals surface area contributed by atoms with Crippen LogP contribution in [0.1, 0.15) is 165 Å². The number of hydrogen-bond donors (Lipinski definition) is 0. The number of carbonyl (C=O) groups is 2. The summed E-state index contributed by atoms with van der Waals surface area (Å²) in [6.07, 6.45) is 19.4. The summed E-state index contributed by atoms with van der Waals surface area (Å²) in [4.78, 5) is 32.4. The van der Waals surface area contributed by atoms with Gasteiger partial charge in [-0.05, 0) is 93.4 Å². The molecule has 6 heteroatoms. The van der Waals surface area contributed by atoms with E-state index in [2.05, 4.69) is 65.4 Å². The zero-order valence-electron chi connectivity index (χ0n) is 31.6. The minimum absolute atomic E-state index is 0.320. The Labute approximate surface area is 271 Å². The molecule has 0 N–H and O–H groups in total. The van der Waals surface area contributed by atoms with Crippen LogP contribution in [-0.2, 0) is 9.59 Å². The fourth-order valence-corrected chi connectivity index (χ4v) is 4.50. The van der Waals surface area contributed by atoms with E-state index in [0.29, 0.717) is 23.9 Å². The molecule has 0 rings (SSSR count). The van der Waals surface area contributed by atoms with Gasteiger partial charge in [0.2, 0.25) is 11.8 Å². The van der Waals surface area contributed by atoms with Crippen molar-refractivity contribution in [2.24, 2.45) is 0 Å². The number of carbonyl (C=O) groups excluding carboxylic acids is 2. The van der Waals surface area contributed by atoms with Crippen LogP contribution in [0.25, 0.3) is 0 Å². The maximum Gasteiger partial charge on any atom is 0.222 e. The monoisotopic (exact) mass is 613 g/mol. The second-order valence-corrected chi connectivity index (χ2v) is 12.9. The molecule has 0 aliphatic heterocycles. The van der Waals surface area contributed by atoms with Crippen molar-refractivity contribution in [2.75, 3.05) is 54.4 Å². The summed E-state index contributed by atoms with van der Waals surface area (Å²) in [6.45, 7) is 21.5. The van der Waals surface area contributed by atoms with E-state index in [4.69, 9.17) is 0 Å². The third-order valence-corrected chi connectivity index (χ3v) is 8.36. The molecule has 0 heterocycles. The van der Waals surface area contributed by atoms with E-state index in [0.717, 1.165) is 51.6 Å². The van der Waals surface area contributed by atoms with Crippen LogP contribution < -0.4 is 0 Å². The highest BCUT2D eigenvalue weighted by Gasteiger charge is 2.09. The molecule has 0 unspecified atom stereocenters. The van der Waals surface area contributed by atoms with Crippen molar-refractivity contribution in [1.82, 2.24) is 19.6 Å². The highest BCUT2D eigenvalue weighted by atomic mass is 16.2. The van der Waals surface area contributed by atoms with Crippen molar-refractivity contribution in [3.8, 4) is 0 Å². The SMILES string of the molecule is CC.CCCCCN(C)C(=O)CCCCCCCN(C)C(C)C.CCCCCN(C)C(=O)CCCCCCN(C)C(C)C. The lowest BCUT2D eigenvalue weighted by Gasteiger charge is -2.20. The second kappa shape index (κ2) is 33.7. The first kappa shape index (κ1) is 46.3. The standard InChI is InChI=1S/C18H38N2O.C17H36N2O.C2H6/c1-6-7-12-16-20(5)18(21)14-11-9-8-10-13-15-19(4)17(2)3;1-6-7-11-15-19(5)17(20)13-10-8-9-12-14-18(4)16(2)3;1-2/h17H,6-16H2,1-5H3;16H,6-15H2,1-5H3;1-2H3. The molecule has 0 aromatic carbocycles. The molecular formula is C37H80N4O2. The van der Waals surface area contributed by atoms with Crippen LogP contribution >= 0.6 is 0 Å². The molecule has 2 amide bonds. The largest absolute Gasteiger partial charge is 0.346 e. The summed E-state index contributed by atoms with van der Waals surface area (Å²) in [7, 11) is 8.26. The summed E-state index contributed by atoms with van der Waals surface area (Å²) in [5.41, 5.74) is 0. The molecule has 0 aromatic rings. The van der Waals surface area contributed by atoms with Crippen LogP contribution in [0.15, 0.2) is 0 Å². The van der Waals surface area contributed by atoms with Gasteiger partial charge in [-0.2, -0.15) is 0 Å². The number of amides is 2. The quantitative estimate of drug-likeness (QED) is 0.0964. The van der Waals surface area contributed by atoms with E-state index in [-0.39, 0.29) is 0 Å². The molecule has 260 valence electrons. The summed E-state index contributed by atoms with van der Waals surface area (Å²) < 4.78 is 0. The first-order valence-corrected chi connectivity index (χ1v) is 18.4. The van der Waals surface area contributed by atoms with Gasteiger partial charge in [0.05, 0.1) is 0 Å². The first-order valence-electron chi connectivity index (χ1n) is 18.4. The van der Waals surface area contributed by atoms with Gasteiger partial charge < -0.3 is 19.6 Å². The van der Waals surface area contributed by atoms with Gasteiger partial charge in [0.15, 0.2) is 0 Å². The highest BCUT2D eigenvalue weighted by Crippen LogP contribution is 2.09. The van der Waals surface area contributed by atoms with Gasteiger partial charge in [0, 0.05) is 52.1 Å². The number of nitrogens with zero attached hydrogens (tertiary/aromatic N) is 4. The molecule has 0 radical (unpaired) electrons. The number of hydrogen-bond acceptors (Lipinski definition) is 4. The normalized spacial score (nSPS) is 11.0. The Bertz CT molecular complexity index is 597. The average molecular weight is 613 g/mol. The van der Waals surface area contributed by atoms with Crippen LogP contribution in [-0.4, -0.2) is 97.9 Å². The van der Waals surface area contributed by atoms with E-state index >= 15 is 0 Å². The van der Waals surface area contributed by atoms with E-state index < -0.39 is 0 Å². The molecule has 0 saturated heterocycles. The Hall–Kier alpha value is -1.14. The molecule has 0 spiro atoms. The van der Waals surface area contributed by atoms with Gasteiger partial charge in [-0.1, -0.05) is 85.5 Å². The number of rotatable bonds is 25. The van der Waals surface area contributed by atoms with E-state index in [1.165, 1.54) is 83.7 Å². The van der Waals surface area contributed by atoms with Gasteiger partial charge in [-0.25, -0.2) is 0 Å². The molecule has 0 atom stereocenters. The van der Waals surface area contributed by atoms with Crippen molar-refractivity contribution in [3.05, 3.63) is 0 Å². The van der Waals surface area contributed by atoms with Crippen LogP contribution in [0.4, 0.5) is 0 Å². The zero-order chi connectivity index (χ0) is 33.5. The smallest absolute Gasteiger partial charge is 0.222 e. The Kier molecular flexibility index (Phi) is 36.3. The Morgan fingerprint density at radius 2 is 0.721 bits per heavy atom. The van der Waals surface area contributed by atoms with Crippen LogP contribution in [0.5, 0.6) is 0 Å². The van der Waals surface area contributed by atoms with Gasteiger partial charge in [0.25, 0.3) is 0 Å². The average Bonchev–Trinajstić information content (AvgIpc) is 2.99. The molecule has 0 aromatic heterocycles. The Morgan fingerprint density at radius 1 is 0.442 bits per heavy atom. The second-order valence-electron chi connectivity index (χ2n) is 12.9. The topological polar surface area (TPSA) is 47.1 Å². The van der Waals surface area contributed by atoms with Crippen molar-refractivity contribution in [1.29, 1.82) is 0 Å². The lowest BCUT2D eigenvalue weighted by molar-refractivity contribution is -0.130. The third kappa shape index (κ3) is 32.1. The predicted molar refractivity (Wildman–Crippen MR) is 192 cm³/mol. The predicted octanol–water partition coefficient (Wildman–Crippen LogP) is 9.27. The maximum atomic E-state index is 11.9. The molecule has 0 saturated carbocycles. The zero-order valence-corrected chi connectivity index (χ0v) is 31.6. The lowest BCUT2D eigenvalue weighted by atomic mass is 10.1. The molecule has 43 heavy (non-hydrogen) atoms. The van der Waals surface area contributed by atoms with E-state index in [9.17, 15) is 9.59 Å². The third-order valence-electron chi connectivity index (χ3n) is 8.36. The highest BCUT2D eigenvalue weighted by molar-refractivity contribution is 5.76. The van der Waals surface area contributed by atoms with Crippen molar-refractivity contribution in [2.45, 2.75) is 177 Å². The Balaban J connectivity index is -0.000000704. The van der Waals surface area contributed by atoms with Crippen molar-refractivity contribution >= 4 is 11.8 Å². The molecule has 0 bridgehead atoms. The van der Waals surface area contributed by atoms with Gasteiger partial charge in [0.1, 0.15) is 0 Å². The molecular weight excluding hydrogens is 532 g/mol. The van der Waals surface area contributed by atoms with E-state index in [1.54, 1.807) is 0 Å². The molecule has 0 fully saturated rings. The Morgan fingerprint density at radius 3 is 1.02 bits per heavy atom. The van der Waals surface area contributed by atoms with Crippen molar-refractivity contribution in [3.63, 3.8) is 0 Å².